The number of aryl methyl sites for hydroxylation is 1. The fraction of sp³-hybridized carbons (Fsp3) is 0.211. The summed E-state index contributed by atoms with van der Waals surface area (Å²) in [5.41, 5.74) is 2.85. The van der Waals surface area contributed by atoms with Crippen molar-refractivity contribution in [2.24, 2.45) is 0 Å². The van der Waals surface area contributed by atoms with E-state index < -0.39 is 6.04 Å². The first-order valence-electron chi connectivity index (χ1n) is 8.13. The van der Waals surface area contributed by atoms with Crippen LogP contribution in [0.4, 0.5) is 4.79 Å². The third-order valence-corrected chi connectivity index (χ3v) is 4.04. The van der Waals surface area contributed by atoms with E-state index in [0.29, 0.717) is 17.6 Å². The second kappa shape index (κ2) is 7.17. The zero-order valence-electron chi connectivity index (χ0n) is 14.2. The van der Waals surface area contributed by atoms with E-state index in [9.17, 15) is 9.90 Å². The quantitative estimate of drug-likeness (QED) is 0.683. The van der Waals surface area contributed by atoms with Crippen LogP contribution < -0.4 is 10.6 Å². The second-order valence-corrected chi connectivity index (χ2v) is 5.75. The Morgan fingerprint density at radius 3 is 2.80 bits per heavy atom. The number of phenolic OH excluding ortho intramolecular Hbond substituents is 1. The van der Waals surface area contributed by atoms with Crippen molar-refractivity contribution in [1.82, 2.24) is 20.6 Å². The first kappa shape index (κ1) is 16.7. The lowest BCUT2D eigenvalue weighted by Gasteiger charge is -2.22. The van der Waals surface area contributed by atoms with Crippen molar-refractivity contribution < 1.29 is 9.90 Å². The number of amides is 2. The SMILES string of the molecule is CCNC(=O)NC(c1cccnc1)c1cc(C)c2cccnc2c1O. The van der Waals surface area contributed by atoms with Crippen molar-refractivity contribution in [3.63, 3.8) is 0 Å². The number of benzene rings is 1. The summed E-state index contributed by atoms with van der Waals surface area (Å²) in [5.74, 6) is 0.0619. The number of urea groups is 1. The maximum atomic E-state index is 12.1. The smallest absolute Gasteiger partial charge is 0.315 e. The third-order valence-electron chi connectivity index (χ3n) is 4.04. The minimum atomic E-state index is -0.537. The second-order valence-electron chi connectivity index (χ2n) is 5.75. The number of pyridine rings is 2. The molecule has 0 radical (unpaired) electrons. The molecule has 6 nitrogen and oxygen atoms in total. The Morgan fingerprint density at radius 2 is 2.08 bits per heavy atom. The highest BCUT2D eigenvalue weighted by atomic mass is 16.3. The summed E-state index contributed by atoms with van der Waals surface area (Å²) < 4.78 is 0. The van der Waals surface area contributed by atoms with Gasteiger partial charge in [-0.3, -0.25) is 9.97 Å². The van der Waals surface area contributed by atoms with Gasteiger partial charge >= 0.3 is 6.03 Å². The summed E-state index contributed by atoms with van der Waals surface area (Å²) in [6.45, 7) is 4.31. The van der Waals surface area contributed by atoms with E-state index in [0.717, 1.165) is 16.5 Å². The molecule has 0 aliphatic rings. The van der Waals surface area contributed by atoms with Crippen LogP contribution in [-0.2, 0) is 0 Å². The van der Waals surface area contributed by atoms with Crippen LogP contribution in [0.3, 0.4) is 0 Å². The van der Waals surface area contributed by atoms with E-state index in [1.54, 1.807) is 24.7 Å². The van der Waals surface area contributed by atoms with Crippen LogP contribution >= 0.6 is 0 Å². The van der Waals surface area contributed by atoms with E-state index >= 15 is 0 Å². The van der Waals surface area contributed by atoms with Crippen LogP contribution in [0.5, 0.6) is 5.75 Å². The minimum Gasteiger partial charge on any atom is -0.505 e. The van der Waals surface area contributed by atoms with Crippen LogP contribution in [0.15, 0.2) is 48.9 Å². The topological polar surface area (TPSA) is 87.1 Å². The van der Waals surface area contributed by atoms with Crippen molar-refractivity contribution >= 4 is 16.9 Å². The van der Waals surface area contributed by atoms with Gasteiger partial charge in [-0.2, -0.15) is 0 Å². The van der Waals surface area contributed by atoms with Crippen LogP contribution in [-0.4, -0.2) is 27.7 Å². The van der Waals surface area contributed by atoms with Gasteiger partial charge in [0.2, 0.25) is 0 Å². The predicted octanol–water partition coefficient (Wildman–Crippen LogP) is 3.05. The van der Waals surface area contributed by atoms with Gasteiger partial charge in [-0.25, -0.2) is 4.79 Å². The molecule has 0 bridgehead atoms. The highest BCUT2D eigenvalue weighted by molar-refractivity contribution is 5.89. The van der Waals surface area contributed by atoms with Crippen molar-refractivity contribution in [2.75, 3.05) is 6.54 Å². The molecule has 3 aromatic rings. The van der Waals surface area contributed by atoms with Crippen molar-refractivity contribution in [3.8, 4) is 5.75 Å². The van der Waals surface area contributed by atoms with Crippen LogP contribution in [0.25, 0.3) is 10.9 Å². The highest BCUT2D eigenvalue weighted by Crippen LogP contribution is 2.36. The van der Waals surface area contributed by atoms with Crippen molar-refractivity contribution in [3.05, 3.63) is 65.6 Å². The lowest BCUT2D eigenvalue weighted by Crippen LogP contribution is -2.38. The zero-order chi connectivity index (χ0) is 17.8. The van der Waals surface area contributed by atoms with E-state index in [2.05, 4.69) is 20.6 Å². The lowest BCUT2D eigenvalue weighted by atomic mass is 9.95. The number of phenols is 1. The maximum Gasteiger partial charge on any atom is 0.315 e. The molecule has 1 aromatic carbocycles. The van der Waals surface area contributed by atoms with Gasteiger partial charge < -0.3 is 15.7 Å². The normalized spacial score (nSPS) is 11.9. The molecule has 0 fully saturated rings. The fourth-order valence-corrected chi connectivity index (χ4v) is 2.88. The molecular formula is C19H20N4O2. The molecule has 0 spiro atoms. The molecule has 0 aliphatic heterocycles. The summed E-state index contributed by atoms with van der Waals surface area (Å²) >= 11 is 0. The van der Waals surface area contributed by atoms with E-state index in [4.69, 9.17) is 0 Å². The number of aromatic hydroxyl groups is 1. The molecule has 2 amide bonds. The zero-order valence-corrected chi connectivity index (χ0v) is 14.2. The number of aromatic nitrogens is 2. The van der Waals surface area contributed by atoms with Crippen molar-refractivity contribution in [2.45, 2.75) is 19.9 Å². The summed E-state index contributed by atoms with van der Waals surface area (Å²) in [5, 5.41) is 17.3. The molecule has 3 rings (SSSR count). The number of hydrogen-bond acceptors (Lipinski definition) is 4. The molecule has 0 saturated carbocycles. The molecule has 2 aromatic heterocycles. The van der Waals surface area contributed by atoms with Gasteiger partial charge in [0, 0.05) is 36.1 Å². The third kappa shape index (κ3) is 3.38. The summed E-state index contributed by atoms with van der Waals surface area (Å²) in [4.78, 5) is 20.5. The molecule has 1 atom stereocenters. The molecule has 1 unspecified atom stereocenters. The Balaban J connectivity index is 2.14. The van der Waals surface area contributed by atoms with Gasteiger partial charge in [-0.1, -0.05) is 12.1 Å². The molecule has 3 N–H and O–H groups in total. The Labute approximate surface area is 145 Å². The van der Waals surface area contributed by atoms with Crippen LogP contribution in [0, 0.1) is 6.92 Å². The lowest BCUT2D eigenvalue weighted by molar-refractivity contribution is 0.239. The standard InChI is InChI=1S/C19H20N4O2/c1-3-21-19(25)23-16(13-6-4-8-20-11-13)15-10-12(2)14-7-5-9-22-17(14)18(15)24/h4-11,16,24H,3H2,1-2H3,(H2,21,23,25). The number of nitrogens with zero attached hydrogens (tertiary/aromatic N) is 2. The highest BCUT2D eigenvalue weighted by Gasteiger charge is 2.22. The van der Waals surface area contributed by atoms with E-state index in [-0.39, 0.29) is 11.8 Å². The number of hydrogen-bond donors (Lipinski definition) is 3. The van der Waals surface area contributed by atoms with Crippen LogP contribution in [0.1, 0.15) is 29.7 Å². The Hall–Kier alpha value is -3.15. The number of carbonyl (C=O) groups excluding carboxylic acids is 1. The average Bonchev–Trinajstić information content (AvgIpc) is 2.64. The van der Waals surface area contributed by atoms with Crippen LogP contribution in [0.2, 0.25) is 0 Å². The Kier molecular flexibility index (Phi) is 4.79. The fourth-order valence-electron chi connectivity index (χ4n) is 2.88. The first-order chi connectivity index (χ1) is 12.1. The van der Waals surface area contributed by atoms with Gasteiger partial charge in [0.15, 0.2) is 0 Å². The van der Waals surface area contributed by atoms with Gasteiger partial charge in [-0.05, 0) is 43.2 Å². The van der Waals surface area contributed by atoms with Gasteiger partial charge in [0.05, 0.1) is 6.04 Å². The number of rotatable bonds is 4. The minimum absolute atomic E-state index is 0.0619. The summed E-state index contributed by atoms with van der Waals surface area (Å²) in [6.07, 6.45) is 4.98. The number of fused-ring (bicyclic) bond motifs is 1. The number of carbonyl (C=O) groups is 1. The Morgan fingerprint density at radius 1 is 1.28 bits per heavy atom. The Bertz CT molecular complexity index is 897. The van der Waals surface area contributed by atoms with Gasteiger partial charge in [0.1, 0.15) is 11.3 Å². The molecule has 25 heavy (non-hydrogen) atoms. The monoisotopic (exact) mass is 336 g/mol. The molecule has 128 valence electrons. The first-order valence-corrected chi connectivity index (χ1v) is 8.13. The molecule has 0 aliphatic carbocycles. The van der Waals surface area contributed by atoms with Gasteiger partial charge in [0.25, 0.3) is 0 Å². The molecular weight excluding hydrogens is 316 g/mol. The molecule has 6 heteroatoms. The molecule has 2 heterocycles. The average molecular weight is 336 g/mol. The van der Waals surface area contributed by atoms with Gasteiger partial charge in [-0.15, -0.1) is 0 Å². The molecule has 0 saturated heterocycles. The number of nitrogens with one attached hydrogen (secondary N) is 2. The summed E-state index contributed by atoms with van der Waals surface area (Å²) in [7, 11) is 0. The van der Waals surface area contributed by atoms with E-state index in [1.165, 1.54) is 0 Å². The van der Waals surface area contributed by atoms with E-state index in [1.807, 2.05) is 38.1 Å². The summed E-state index contributed by atoms with van der Waals surface area (Å²) in [6, 6.07) is 8.44. The maximum absolute atomic E-state index is 12.1. The largest absolute Gasteiger partial charge is 0.505 e. The van der Waals surface area contributed by atoms with Crippen molar-refractivity contribution in [1.29, 1.82) is 0 Å². The predicted molar refractivity (Wildman–Crippen MR) is 96.4 cm³/mol.